The zero-order valence-electron chi connectivity index (χ0n) is 32.6. The van der Waals surface area contributed by atoms with Crippen molar-refractivity contribution < 1.29 is 0 Å². The Kier molecular flexibility index (Phi) is 7.97. The van der Waals surface area contributed by atoms with Crippen molar-refractivity contribution in [3.05, 3.63) is 241 Å². The molecule has 0 fully saturated rings. The van der Waals surface area contributed by atoms with Crippen LogP contribution in [0, 0.1) is 0 Å². The molecule has 3 heteroatoms. The number of rotatable bonds is 6. The van der Waals surface area contributed by atoms with E-state index in [2.05, 4.69) is 212 Å². The van der Waals surface area contributed by atoms with Gasteiger partial charge in [-0.25, -0.2) is 9.97 Å². The molecule has 11 aromatic rings. The smallest absolute Gasteiger partial charge is 0.160 e. The van der Waals surface area contributed by atoms with Crippen LogP contribution in [0.4, 0.5) is 0 Å². The number of fused-ring (bicyclic) bond motifs is 8. The van der Waals surface area contributed by atoms with Gasteiger partial charge in [0.1, 0.15) is 0 Å². The van der Waals surface area contributed by atoms with Crippen molar-refractivity contribution in [3.8, 4) is 56.2 Å². The van der Waals surface area contributed by atoms with Gasteiger partial charge in [0, 0.05) is 36.9 Å². The molecule has 1 aliphatic carbocycles. The fraction of sp³-hybridized carbons (Fsp3) is 0.0175. The molecule has 0 aliphatic heterocycles. The molecule has 0 N–H and O–H groups in total. The first-order valence-corrected chi connectivity index (χ1v) is 21.3. The Morgan fingerprint density at radius 3 is 1.72 bits per heavy atom. The summed E-state index contributed by atoms with van der Waals surface area (Å²) in [5.74, 6) is 0.701. The fourth-order valence-electron chi connectivity index (χ4n) is 9.70. The van der Waals surface area contributed by atoms with E-state index in [9.17, 15) is 0 Å². The zero-order valence-corrected chi connectivity index (χ0v) is 33.4. The minimum absolute atomic E-state index is 0.506. The summed E-state index contributed by atoms with van der Waals surface area (Å²) in [5, 5.41) is 5.13. The van der Waals surface area contributed by atoms with Crippen LogP contribution in [-0.2, 0) is 5.41 Å². The van der Waals surface area contributed by atoms with Crippen LogP contribution in [0.3, 0.4) is 0 Å². The van der Waals surface area contributed by atoms with E-state index >= 15 is 0 Å². The highest BCUT2D eigenvalue weighted by Gasteiger charge is 2.46. The van der Waals surface area contributed by atoms with Crippen LogP contribution in [0.25, 0.3) is 87.1 Å². The molecule has 0 radical (unpaired) electrons. The van der Waals surface area contributed by atoms with Gasteiger partial charge >= 0.3 is 0 Å². The number of thiophene rings is 1. The summed E-state index contributed by atoms with van der Waals surface area (Å²) in [6, 6.07) is 79.2. The van der Waals surface area contributed by atoms with Gasteiger partial charge in [-0.2, -0.15) is 0 Å². The van der Waals surface area contributed by atoms with Gasteiger partial charge in [0.2, 0.25) is 0 Å². The molecule has 0 amide bonds. The van der Waals surface area contributed by atoms with Crippen molar-refractivity contribution in [2.75, 3.05) is 0 Å². The van der Waals surface area contributed by atoms with Crippen molar-refractivity contribution in [2.24, 2.45) is 0 Å². The van der Waals surface area contributed by atoms with Gasteiger partial charge in [-0.1, -0.05) is 188 Å². The van der Waals surface area contributed by atoms with Gasteiger partial charge in [0.25, 0.3) is 0 Å². The fourth-order valence-corrected chi connectivity index (χ4v) is 11.0. The lowest BCUT2D eigenvalue weighted by Gasteiger charge is -2.34. The maximum absolute atomic E-state index is 5.34. The van der Waals surface area contributed by atoms with E-state index in [4.69, 9.17) is 9.97 Å². The summed E-state index contributed by atoms with van der Waals surface area (Å²) in [6.45, 7) is 0. The Balaban J connectivity index is 1.07. The molecule has 12 rings (SSSR count). The van der Waals surface area contributed by atoms with E-state index in [-0.39, 0.29) is 0 Å². The second kappa shape index (κ2) is 13.8. The molecule has 9 aromatic carbocycles. The van der Waals surface area contributed by atoms with Crippen molar-refractivity contribution >= 4 is 42.3 Å². The lowest BCUT2D eigenvalue weighted by Crippen LogP contribution is -2.28. The van der Waals surface area contributed by atoms with Crippen molar-refractivity contribution in [1.82, 2.24) is 9.97 Å². The Bertz CT molecular complexity index is 3380. The third-order valence-electron chi connectivity index (χ3n) is 12.4. The number of aromatic nitrogens is 2. The Morgan fingerprint density at radius 1 is 0.367 bits per heavy atom. The molecule has 0 bridgehead atoms. The second-order valence-corrected chi connectivity index (χ2v) is 16.7. The van der Waals surface area contributed by atoms with Gasteiger partial charge in [-0.3, -0.25) is 0 Å². The highest BCUT2D eigenvalue weighted by Crippen LogP contribution is 2.56. The molecule has 2 nitrogen and oxygen atoms in total. The Morgan fingerprint density at radius 2 is 0.950 bits per heavy atom. The average molecular weight is 781 g/mol. The predicted molar refractivity (Wildman–Crippen MR) is 251 cm³/mol. The van der Waals surface area contributed by atoms with Crippen molar-refractivity contribution in [1.29, 1.82) is 0 Å². The third-order valence-corrected chi connectivity index (χ3v) is 13.6. The summed E-state index contributed by atoms with van der Waals surface area (Å²) >= 11 is 1.88. The third kappa shape index (κ3) is 5.33. The summed E-state index contributed by atoms with van der Waals surface area (Å²) < 4.78 is 2.63. The first-order chi connectivity index (χ1) is 29.7. The predicted octanol–water partition coefficient (Wildman–Crippen LogP) is 15.0. The van der Waals surface area contributed by atoms with Crippen LogP contribution in [0.2, 0.25) is 0 Å². The van der Waals surface area contributed by atoms with E-state index in [0.717, 1.165) is 28.1 Å². The summed E-state index contributed by atoms with van der Waals surface area (Å²) in [5.41, 5.74) is 14.3. The first-order valence-electron chi connectivity index (χ1n) is 20.5. The van der Waals surface area contributed by atoms with Crippen molar-refractivity contribution in [3.63, 3.8) is 0 Å². The van der Waals surface area contributed by atoms with E-state index in [1.807, 2.05) is 17.4 Å². The molecule has 0 unspecified atom stereocenters. The molecule has 0 atom stereocenters. The molecular weight excluding hydrogens is 745 g/mol. The normalized spacial score (nSPS) is 12.8. The van der Waals surface area contributed by atoms with Crippen LogP contribution in [0.5, 0.6) is 0 Å². The molecule has 0 saturated heterocycles. The first kappa shape index (κ1) is 34.6. The second-order valence-electron chi connectivity index (χ2n) is 15.6. The minimum Gasteiger partial charge on any atom is -0.228 e. The van der Waals surface area contributed by atoms with Crippen LogP contribution < -0.4 is 0 Å². The van der Waals surface area contributed by atoms with E-state index in [1.165, 1.54) is 75.5 Å². The summed E-state index contributed by atoms with van der Waals surface area (Å²) in [4.78, 5) is 10.6. The quantitative estimate of drug-likeness (QED) is 0.168. The SMILES string of the molecule is c1ccc(-c2nc(-c3cccc(-c4cc5ccccc5c5sc6ccccc6c45)c3)cc(-c3ccc4c(c3)C(c3ccccc3)(c3ccccc3)c3ccccc3-4)n2)cc1. The highest BCUT2D eigenvalue weighted by molar-refractivity contribution is 7.26. The highest BCUT2D eigenvalue weighted by atomic mass is 32.1. The standard InChI is InChI=1S/C57H36N2S/c1-4-17-37(18-5-1)56-58-51(40-21-16-20-38(33-40)48-34-39-19-10-11-26-44(39)55-54(48)47-28-13-15-30-53(47)60-55)36-52(59-56)41-31-32-46-45-27-12-14-29-49(45)57(50(46)35-41,42-22-6-2-7-23-42)43-24-8-3-9-25-43/h1-36H. The lowest BCUT2D eigenvalue weighted by molar-refractivity contribution is 0.768. The average Bonchev–Trinajstić information content (AvgIpc) is 3.87. The number of benzene rings is 9. The monoisotopic (exact) mass is 780 g/mol. The maximum atomic E-state index is 5.34. The number of hydrogen-bond donors (Lipinski definition) is 0. The topological polar surface area (TPSA) is 25.8 Å². The largest absolute Gasteiger partial charge is 0.228 e. The van der Waals surface area contributed by atoms with Gasteiger partial charge in [0.15, 0.2) is 5.82 Å². The van der Waals surface area contributed by atoms with Crippen LogP contribution in [0.1, 0.15) is 22.3 Å². The molecule has 0 saturated carbocycles. The van der Waals surface area contributed by atoms with E-state index in [1.54, 1.807) is 0 Å². The van der Waals surface area contributed by atoms with Gasteiger partial charge in [-0.05, 0) is 85.6 Å². The van der Waals surface area contributed by atoms with Crippen LogP contribution in [-0.4, -0.2) is 9.97 Å². The maximum Gasteiger partial charge on any atom is 0.160 e. The molecule has 1 aliphatic rings. The van der Waals surface area contributed by atoms with E-state index < -0.39 is 5.41 Å². The van der Waals surface area contributed by atoms with E-state index in [0.29, 0.717) is 5.82 Å². The van der Waals surface area contributed by atoms with Crippen LogP contribution >= 0.6 is 11.3 Å². The summed E-state index contributed by atoms with van der Waals surface area (Å²) in [6.07, 6.45) is 0. The molecule has 2 heterocycles. The zero-order chi connectivity index (χ0) is 39.6. The minimum atomic E-state index is -0.506. The Labute approximate surface area is 352 Å². The molecule has 2 aromatic heterocycles. The summed E-state index contributed by atoms with van der Waals surface area (Å²) in [7, 11) is 0. The number of hydrogen-bond acceptors (Lipinski definition) is 3. The van der Waals surface area contributed by atoms with Crippen molar-refractivity contribution in [2.45, 2.75) is 5.41 Å². The molecule has 0 spiro atoms. The van der Waals surface area contributed by atoms with Gasteiger partial charge in [0.05, 0.1) is 16.8 Å². The van der Waals surface area contributed by atoms with Gasteiger partial charge in [-0.15, -0.1) is 11.3 Å². The van der Waals surface area contributed by atoms with Gasteiger partial charge < -0.3 is 0 Å². The molecule has 280 valence electrons. The molecule has 60 heavy (non-hydrogen) atoms. The lowest BCUT2D eigenvalue weighted by atomic mass is 9.67. The molecular formula is C57H36N2S. The Hall–Kier alpha value is -7.46. The number of nitrogens with zero attached hydrogens (tertiary/aromatic N) is 2. The van der Waals surface area contributed by atoms with Crippen LogP contribution in [0.15, 0.2) is 218 Å².